The van der Waals surface area contributed by atoms with Gasteiger partial charge in [-0.3, -0.25) is 4.79 Å². The molecule has 1 fully saturated rings. The van der Waals surface area contributed by atoms with E-state index in [2.05, 4.69) is 49.1 Å². The first-order valence-electron chi connectivity index (χ1n) is 9.52. The van der Waals surface area contributed by atoms with E-state index in [1.807, 2.05) is 24.3 Å². The lowest BCUT2D eigenvalue weighted by Gasteiger charge is -2.23. The Morgan fingerprint density at radius 2 is 1.74 bits per heavy atom. The van der Waals surface area contributed by atoms with Gasteiger partial charge in [-0.2, -0.15) is 5.26 Å². The summed E-state index contributed by atoms with van der Waals surface area (Å²) in [6, 6.07) is 18.8. The Morgan fingerprint density at radius 1 is 1.11 bits per heavy atom. The fourth-order valence-corrected chi connectivity index (χ4v) is 3.90. The summed E-state index contributed by atoms with van der Waals surface area (Å²) >= 11 is 1.64. The van der Waals surface area contributed by atoms with Gasteiger partial charge in [-0.05, 0) is 47.6 Å². The summed E-state index contributed by atoms with van der Waals surface area (Å²) < 4.78 is 0. The summed E-state index contributed by atoms with van der Waals surface area (Å²) in [7, 11) is 0. The van der Waals surface area contributed by atoms with Crippen LogP contribution >= 0.6 is 11.8 Å². The molecule has 0 saturated heterocycles. The van der Waals surface area contributed by atoms with E-state index in [0.717, 1.165) is 24.2 Å². The Hall–Kier alpha value is -2.25. The van der Waals surface area contributed by atoms with Crippen LogP contribution in [0.4, 0.5) is 0 Å². The average Bonchev–Trinajstić information content (AvgIpc) is 3.52. The number of benzene rings is 2. The van der Waals surface area contributed by atoms with Gasteiger partial charge in [0.05, 0.1) is 17.4 Å². The highest BCUT2D eigenvalue weighted by molar-refractivity contribution is 7.99. The van der Waals surface area contributed by atoms with Crippen molar-refractivity contribution in [1.29, 1.82) is 5.26 Å². The van der Waals surface area contributed by atoms with Crippen LogP contribution in [-0.4, -0.2) is 22.6 Å². The van der Waals surface area contributed by atoms with Gasteiger partial charge in [-0.15, -0.1) is 11.8 Å². The van der Waals surface area contributed by atoms with Gasteiger partial charge in [0.15, 0.2) is 0 Å². The number of nitriles is 1. The maximum absolute atomic E-state index is 12.8. The number of thioether (sulfide) groups is 1. The van der Waals surface area contributed by atoms with Crippen molar-refractivity contribution in [2.24, 2.45) is 0 Å². The van der Waals surface area contributed by atoms with Gasteiger partial charge >= 0.3 is 0 Å². The fourth-order valence-electron chi connectivity index (χ4n) is 3.03. The number of hydrogen-bond donors (Lipinski definition) is 0. The van der Waals surface area contributed by atoms with Gasteiger partial charge in [-0.1, -0.05) is 50.2 Å². The summed E-state index contributed by atoms with van der Waals surface area (Å²) in [5, 5.41) is 8.85. The van der Waals surface area contributed by atoms with E-state index >= 15 is 0 Å². The average molecular weight is 379 g/mol. The van der Waals surface area contributed by atoms with Crippen LogP contribution in [0.3, 0.4) is 0 Å². The number of rotatable bonds is 8. The lowest BCUT2D eigenvalue weighted by atomic mass is 10.0. The van der Waals surface area contributed by atoms with Gasteiger partial charge in [0.1, 0.15) is 0 Å². The van der Waals surface area contributed by atoms with Crippen LogP contribution in [0.5, 0.6) is 0 Å². The molecule has 4 heteroatoms. The summed E-state index contributed by atoms with van der Waals surface area (Å²) in [6.45, 7) is 5.10. The van der Waals surface area contributed by atoms with Crippen molar-refractivity contribution < 1.29 is 4.79 Å². The summed E-state index contributed by atoms with van der Waals surface area (Å²) in [5.74, 6) is 2.04. The lowest BCUT2D eigenvalue weighted by molar-refractivity contribution is -0.129. The van der Waals surface area contributed by atoms with Crippen molar-refractivity contribution in [3.05, 3.63) is 70.8 Å². The van der Waals surface area contributed by atoms with Crippen LogP contribution in [0, 0.1) is 11.3 Å². The molecule has 1 saturated carbocycles. The number of hydrogen-bond acceptors (Lipinski definition) is 3. The highest BCUT2D eigenvalue weighted by atomic mass is 32.2. The van der Waals surface area contributed by atoms with Gasteiger partial charge in [0.25, 0.3) is 0 Å². The molecular formula is C23H26N2OS. The highest BCUT2D eigenvalue weighted by Gasteiger charge is 2.32. The quantitative estimate of drug-likeness (QED) is 0.641. The van der Waals surface area contributed by atoms with Crippen LogP contribution < -0.4 is 0 Å². The third kappa shape index (κ3) is 5.61. The molecule has 0 spiro atoms. The monoisotopic (exact) mass is 378 g/mol. The Bertz CT molecular complexity index is 802. The minimum absolute atomic E-state index is 0.226. The molecule has 1 aliphatic carbocycles. The smallest absolute Gasteiger partial charge is 0.233 e. The first kappa shape index (κ1) is 19.5. The molecule has 0 unspecified atom stereocenters. The van der Waals surface area contributed by atoms with E-state index in [0.29, 0.717) is 29.8 Å². The van der Waals surface area contributed by atoms with Crippen LogP contribution in [-0.2, 0) is 17.1 Å². The number of nitrogens with zero attached hydrogens (tertiary/aromatic N) is 2. The minimum atomic E-state index is 0.226. The molecule has 1 aliphatic rings. The number of amides is 1. The molecule has 3 nitrogen and oxygen atoms in total. The van der Waals surface area contributed by atoms with Crippen molar-refractivity contribution >= 4 is 17.7 Å². The van der Waals surface area contributed by atoms with Gasteiger partial charge in [0.2, 0.25) is 5.91 Å². The van der Waals surface area contributed by atoms with E-state index in [1.165, 1.54) is 11.1 Å². The summed E-state index contributed by atoms with van der Waals surface area (Å²) in [6.07, 6.45) is 2.24. The van der Waals surface area contributed by atoms with Gasteiger partial charge in [0, 0.05) is 18.3 Å². The number of carbonyl (C=O) groups is 1. The molecule has 0 radical (unpaired) electrons. The standard InChI is InChI=1S/C23H26N2OS/c1-17(2)21-9-7-19(8-10-21)14-25(22-11-12-22)23(26)16-27-15-20-5-3-18(13-24)4-6-20/h3-10,17,22H,11-12,14-16H2,1-2H3. The maximum atomic E-state index is 12.8. The third-order valence-electron chi connectivity index (χ3n) is 4.88. The van der Waals surface area contributed by atoms with E-state index in [4.69, 9.17) is 5.26 Å². The molecule has 1 amide bonds. The minimum Gasteiger partial charge on any atom is -0.335 e. The molecule has 0 atom stereocenters. The SMILES string of the molecule is CC(C)c1ccc(CN(C(=O)CSCc2ccc(C#N)cc2)C2CC2)cc1. The van der Waals surface area contributed by atoms with E-state index in [-0.39, 0.29) is 5.91 Å². The molecule has 2 aromatic carbocycles. The zero-order chi connectivity index (χ0) is 19.2. The zero-order valence-corrected chi connectivity index (χ0v) is 16.8. The second kappa shape index (κ2) is 9.10. The third-order valence-corrected chi connectivity index (χ3v) is 5.87. The number of carbonyl (C=O) groups excluding carboxylic acids is 1. The Balaban J connectivity index is 1.53. The molecule has 27 heavy (non-hydrogen) atoms. The molecule has 0 bridgehead atoms. The predicted molar refractivity (Wildman–Crippen MR) is 111 cm³/mol. The van der Waals surface area contributed by atoms with Gasteiger partial charge < -0.3 is 4.90 Å². The van der Waals surface area contributed by atoms with E-state index in [1.54, 1.807) is 11.8 Å². The van der Waals surface area contributed by atoms with Crippen molar-refractivity contribution in [3.63, 3.8) is 0 Å². The Kier molecular flexibility index (Phi) is 6.58. The molecule has 140 valence electrons. The predicted octanol–water partition coefficient (Wildman–Crippen LogP) is 5.11. The molecule has 0 aliphatic heterocycles. The van der Waals surface area contributed by atoms with Crippen LogP contribution in [0.2, 0.25) is 0 Å². The maximum Gasteiger partial charge on any atom is 0.233 e. The van der Waals surface area contributed by atoms with Crippen LogP contribution in [0.15, 0.2) is 48.5 Å². The topological polar surface area (TPSA) is 44.1 Å². The first-order valence-corrected chi connectivity index (χ1v) is 10.7. The Labute approximate surface area is 166 Å². The largest absolute Gasteiger partial charge is 0.335 e. The van der Waals surface area contributed by atoms with Gasteiger partial charge in [-0.25, -0.2) is 0 Å². The molecule has 0 heterocycles. The fraction of sp³-hybridized carbons (Fsp3) is 0.391. The second-order valence-electron chi connectivity index (χ2n) is 7.45. The zero-order valence-electron chi connectivity index (χ0n) is 16.0. The highest BCUT2D eigenvalue weighted by Crippen LogP contribution is 2.29. The molecule has 0 aromatic heterocycles. The van der Waals surface area contributed by atoms with Crippen LogP contribution in [0.1, 0.15) is 54.9 Å². The van der Waals surface area contributed by atoms with Crippen molar-refractivity contribution in [2.75, 3.05) is 5.75 Å². The summed E-state index contributed by atoms with van der Waals surface area (Å²) in [5.41, 5.74) is 4.36. The van der Waals surface area contributed by atoms with Crippen molar-refractivity contribution in [3.8, 4) is 6.07 Å². The Morgan fingerprint density at radius 3 is 2.30 bits per heavy atom. The van der Waals surface area contributed by atoms with Crippen molar-refractivity contribution in [2.45, 2.75) is 50.9 Å². The second-order valence-corrected chi connectivity index (χ2v) is 8.44. The lowest BCUT2D eigenvalue weighted by Crippen LogP contribution is -2.34. The molecule has 0 N–H and O–H groups in total. The van der Waals surface area contributed by atoms with Crippen molar-refractivity contribution in [1.82, 2.24) is 4.90 Å². The molecule has 3 rings (SSSR count). The molecule has 2 aromatic rings. The molecular weight excluding hydrogens is 352 g/mol. The summed E-state index contributed by atoms with van der Waals surface area (Å²) in [4.78, 5) is 14.8. The first-order chi connectivity index (χ1) is 13.1. The van der Waals surface area contributed by atoms with E-state index < -0.39 is 0 Å². The normalized spacial score (nSPS) is 13.4. The van der Waals surface area contributed by atoms with Crippen LogP contribution in [0.25, 0.3) is 0 Å². The van der Waals surface area contributed by atoms with E-state index in [9.17, 15) is 4.79 Å².